The number of phenolic OH excluding ortho intramolecular Hbond substituents is 2. The maximum absolute atomic E-state index is 9.84. The molecule has 1 aromatic carbocycles. The summed E-state index contributed by atoms with van der Waals surface area (Å²) in [6.45, 7) is 6.40. The van der Waals surface area contributed by atoms with Crippen molar-refractivity contribution in [2.24, 2.45) is 0 Å². The van der Waals surface area contributed by atoms with Crippen LogP contribution in [0.15, 0.2) is 18.2 Å². The van der Waals surface area contributed by atoms with E-state index in [1.54, 1.807) is 12.1 Å². The molecule has 3 heteroatoms. The number of benzene rings is 1. The molecule has 0 fully saturated rings. The van der Waals surface area contributed by atoms with E-state index in [4.69, 9.17) is 4.74 Å². The molecule has 108 valence electrons. The van der Waals surface area contributed by atoms with Gasteiger partial charge >= 0.3 is 0 Å². The second-order valence-electron chi connectivity index (χ2n) is 5.38. The zero-order valence-corrected chi connectivity index (χ0v) is 12.3. The number of hydrogen-bond acceptors (Lipinski definition) is 3. The highest BCUT2D eigenvalue weighted by Gasteiger charge is 2.26. The van der Waals surface area contributed by atoms with Crippen molar-refractivity contribution < 1.29 is 14.9 Å². The van der Waals surface area contributed by atoms with Gasteiger partial charge in [-0.3, -0.25) is 0 Å². The second-order valence-corrected chi connectivity index (χ2v) is 5.38. The molecule has 0 aliphatic carbocycles. The van der Waals surface area contributed by atoms with Crippen LogP contribution in [-0.4, -0.2) is 15.8 Å². The molecule has 0 spiro atoms. The number of para-hydroxylation sites is 1. The summed E-state index contributed by atoms with van der Waals surface area (Å²) < 4.78 is 6.01. The molecule has 0 radical (unpaired) electrons. The van der Waals surface area contributed by atoms with Crippen molar-refractivity contribution in [1.29, 1.82) is 0 Å². The molecule has 0 saturated carbocycles. The number of rotatable bonds is 8. The third-order valence-electron chi connectivity index (χ3n) is 3.45. The number of ether oxygens (including phenoxy) is 1. The molecule has 0 heterocycles. The number of unbranched alkanes of at least 4 members (excludes halogenated alkanes) is 2. The van der Waals surface area contributed by atoms with Crippen molar-refractivity contribution in [2.45, 2.75) is 64.9 Å². The standard InChI is InChI=1S/C16H26O3/c1-4-6-11-16(3,12-7-5-2)19-14-10-8-9-13(17)15(14)18/h8-10,17-18H,4-7,11-12H2,1-3H3. The van der Waals surface area contributed by atoms with Gasteiger partial charge in [0.1, 0.15) is 5.60 Å². The Hall–Kier alpha value is -1.38. The third kappa shape index (κ3) is 4.66. The van der Waals surface area contributed by atoms with Gasteiger partial charge in [0, 0.05) is 0 Å². The molecule has 0 bridgehead atoms. The predicted octanol–water partition coefficient (Wildman–Crippen LogP) is 4.62. The van der Waals surface area contributed by atoms with Gasteiger partial charge in [-0.05, 0) is 44.7 Å². The van der Waals surface area contributed by atoms with Gasteiger partial charge in [0.25, 0.3) is 0 Å². The van der Waals surface area contributed by atoms with Crippen molar-refractivity contribution in [3.8, 4) is 17.2 Å². The molecule has 1 rings (SSSR count). The summed E-state index contributed by atoms with van der Waals surface area (Å²) in [4.78, 5) is 0. The maximum atomic E-state index is 9.84. The molecule has 0 aromatic heterocycles. The zero-order valence-electron chi connectivity index (χ0n) is 12.3. The van der Waals surface area contributed by atoms with Crippen LogP contribution in [0.4, 0.5) is 0 Å². The molecule has 0 saturated heterocycles. The van der Waals surface area contributed by atoms with Crippen LogP contribution < -0.4 is 4.74 Å². The van der Waals surface area contributed by atoms with Gasteiger partial charge in [0.05, 0.1) is 0 Å². The van der Waals surface area contributed by atoms with Crippen LogP contribution in [0.1, 0.15) is 59.3 Å². The third-order valence-corrected chi connectivity index (χ3v) is 3.45. The molecule has 0 aliphatic rings. The van der Waals surface area contributed by atoms with Crippen LogP contribution >= 0.6 is 0 Å². The molecular weight excluding hydrogens is 240 g/mol. The molecular formula is C16H26O3. The lowest BCUT2D eigenvalue weighted by atomic mass is 9.92. The van der Waals surface area contributed by atoms with E-state index in [1.165, 1.54) is 6.07 Å². The van der Waals surface area contributed by atoms with E-state index in [-0.39, 0.29) is 17.1 Å². The summed E-state index contributed by atoms with van der Waals surface area (Å²) in [5, 5.41) is 19.4. The maximum Gasteiger partial charge on any atom is 0.200 e. The van der Waals surface area contributed by atoms with Gasteiger partial charge in [0.15, 0.2) is 11.5 Å². The number of hydrogen-bond donors (Lipinski definition) is 2. The first-order valence-corrected chi connectivity index (χ1v) is 7.22. The number of aromatic hydroxyl groups is 2. The lowest BCUT2D eigenvalue weighted by molar-refractivity contribution is 0.0613. The molecule has 2 N–H and O–H groups in total. The molecule has 0 unspecified atom stereocenters. The van der Waals surface area contributed by atoms with Gasteiger partial charge in [-0.15, -0.1) is 0 Å². The van der Waals surface area contributed by atoms with E-state index >= 15 is 0 Å². The normalized spacial score (nSPS) is 11.5. The average molecular weight is 266 g/mol. The first-order chi connectivity index (χ1) is 9.02. The van der Waals surface area contributed by atoms with Crippen molar-refractivity contribution >= 4 is 0 Å². The van der Waals surface area contributed by atoms with E-state index in [2.05, 4.69) is 20.8 Å². The molecule has 3 nitrogen and oxygen atoms in total. The fourth-order valence-electron chi connectivity index (χ4n) is 2.19. The van der Waals surface area contributed by atoms with Gasteiger partial charge in [-0.2, -0.15) is 0 Å². The predicted molar refractivity (Wildman–Crippen MR) is 77.9 cm³/mol. The van der Waals surface area contributed by atoms with Crippen LogP contribution in [0.5, 0.6) is 17.2 Å². The van der Waals surface area contributed by atoms with Crippen LogP contribution in [0.3, 0.4) is 0 Å². The molecule has 0 aliphatic heterocycles. The minimum absolute atomic E-state index is 0.133. The van der Waals surface area contributed by atoms with Gasteiger partial charge in [-0.25, -0.2) is 0 Å². The summed E-state index contributed by atoms with van der Waals surface area (Å²) in [5.41, 5.74) is -0.280. The van der Waals surface area contributed by atoms with Gasteiger partial charge in [-0.1, -0.05) is 32.8 Å². The SMILES string of the molecule is CCCCC(C)(CCCC)Oc1cccc(O)c1O. The second kappa shape index (κ2) is 7.27. The first kappa shape index (κ1) is 15.7. The fraction of sp³-hybridized carbons (Fsp3) is 0.625. The number of phenols is 2. The van der Waals surface area contributed by atoms with Gasteiger partial charge in [0.2, 0.25) is 5.75 Å². The Bertz CT molecular complexity index is 380. The van der Waals surface area contributed by atoms with Gasteiger partial charge < -0.3 is 14.9 Å². The first-order valence-electron chi connectivity index (χ1n) is 7.22. The topological polar surface area (TPSA) is 49.7 Å². The van der Waals surface area contributed by atoms with Crippen LogP contribution in [0, 0.1) is 0 Å². The highest BCUT2D eigenvalue weighted by atomic mass is 16.5. The van der Waals surface area contributed by atoms with Crippen molar-refractivity contribution in [1.82, 2.24) is 0 Å². The summed E-state index contributed by atoms with van der Waals surface area (Å²) in [6.07, 6.45) is 6.35. The summed E-state index contributed by atoms with van der Waals surface area (Å²) in [6, 6.07) is 4.84. The Labute approximate surface area is 116 Å². The van der Waals surface area contributed by atoms with Crippen molar-refractivity contribution in [2.75, 3.05) is 0 Å². The Morgan fingerprint density at radius 2 is 1.63 bits per heavy atom. The lowest BCUT2D eigenvalue weighted by Crippen LogP contribution is -2.32. The Kier molecular flexibility index (Phi) is 6.00. The van der Waals surface area contributed by atoms with Crippen LogP contribution in [0.2, 0.25) is 0 Å². The van der Waals surface area contributed by atoms with E-state index in [1.807, 2.05) is 0 Å². The summed E-state index contributed by atoms with van der Waals surface area (Å²) in [5.74, 6) is 0.0715. The fourth-order valence-corrected chi connectivity index (χ4v) is 2.19. The van der Waals surface area contributed by atoms with E-state index in [0.717, 1.165) is 38.5 Å². The van der Waals surface area contributed by atoms with Crippen molar-refractivity contribution in [3.63, 3.8) is 0 Å². The highest BCUT2D eigenvalue weighted by Crippen LogP contribution is 2.38. The van der Waals surface area contributed by atoms with Crippen molar-refractivity contribution in [3.05, 3.63) is 18.2 Å². The Balaban J connectivity index is 2.83. The van der Waals surface area contributed by atoms with Crippen LogP contribution in [-0.2, 0) is 0 Å². The quantitative estimate of drug-likeness (QED) is 0.675. The molecule has 1 aromatic rings. The minimum Gasteiger partial charge on any atom is -0.504 e. The van der Waals surface area contributed by atoms with Crippen LogP contribution in [0.25, 0.3) is 0 Å². The molecule has 0 amide bonds. The largest absolute Gasteiger partial charge is 0.504 e. The molecule has 0 atom stereocenters. The summed E-state index contributed by atoms with van der Waals surface area (Å²) >= 11 is 0. The van der Waals surface area contributed by atoms with E-state index in [9.17, 15) is 10.2 Å². The lowest BCUT2D eigenvalue weighted by Gasteiger charge is -2.31. The Morgan fingerprint density at radius 1 is 1.05 bits per heavy atom. The van der Waals surface area contributed by atoms with E-state index in [0.29, 0.717) is 5.75 Å². The Morgan fingerprint density at radius 3 is 2.16 bits per heavy atom. The smallest absolute Gasteiger partial charge is 0.200 e. The molecule has 19 heavy (non-hydrogen) atoms. The monoisotopic (exact) mass is 266 g/mol. The summed E-state index contributed by atoms with van der Waals surface area (Å²) in [7, 11) is 0. The highest BCUT2D eigenvalue weighted by molar-refractivity contribution is 5.49. The zero-order chi connectivity index (χ0) is 14.3. The minimum atomic E-state index is -0.280. The average Bonchev–Trinajstić information content (AvgIpc) is 2.40. The van der Waals surface area contributed by atoms with E-state index < -0.39 is 0 Å².